The number of piperidine rings is 2. The molecule has 2 saturated heterocycles. The highest BCUT2D eigenvalue weighted by Gasteiger charge is 2.41. The van der Waals surface area contributed by atoms with Crippen molar-refractivity contribution in [1.82, 2.24) is 5.32 Å². The van der Waals surface area contributed by atoms with Gasteiger partial charge in [0.15, 0.2) is 0 Å². The van der Waals surface area contributed by atoms with Crippen LogP contribution in [0.3, 0.4) is 0 Å². The van der Waals surface area contributed by atoms with Crippen LogP contribution >= 0.6 is 0 Å². The average molecular weight is 309 g/mol. The number of benzene rings is 2. The van der Waals surface area contributed by atoms with Gasteiger partial charge in [-0.3, -0.25) is 0 Å². The Morgan fingerprint density at radius 2 is 1.48 bits per heavy atom. The quantitative estimate of drug-likeness (QED) is 0.901. The average Bonchev–Trinajstić information content (AvgIpc) is 2.56. The van der Waals surface area contributed by atoms with Crippen molar-refractivity contribution in [2.75, 3.05) is 0 Å². The fourth-order valence-corrected chi connectivity index (χ4v) is 4.02. The predicted octanol–water partition coefficient (Wildman–Crippen LogP) is 3.97. The lowest BCUT2D eigenvalue weighted by Gasteiger charge is -2.45. The Hall–Kier alpha value is -1.84. The highest BCUT2D eigenvalue weighted by atomic mass is 16.5. The molecule has 3 nitrogen and oxygen atoms in total. The summed E-state index contributed by atoms with van der Waals surface area (Å²) >= 11 is 0. The van der Waals surface area contributed by atoms with Crippen LogP contribution in [0.25, 0.3) is 0 Å². The van der Waals surface area contributed by atoms with Crippen molar-refractivity contribution in [1.29, 1.82) is 0 Å². The van der Waals surface area contributed by atoms with Gasteiger partial charge in [0, 0.05) is 12.1 Å². The third-order valence-corrected chi connectivity index (χ3v) is 5.12. The molecule has 0 saturated carbocycles. The fourth-order valence-electron chi connectivity index (χ4n) is 4.02. The Labute approximate surface area is 137 Å². The van der Waals surface area contributed by atoms with Gasteiger partial charge in [0.2, 0.25) is 0 Å². The number of hydrogen-bond acceptors (Lipinski definition) is 3. The van der Waals surface area contributed by atoms with Gasteiger partial charge in [0.1, 0.15) is 11.5 Å². The molecule has 0 amide bonds. The Balaban J connectivity index is 1.51. The first-order chi connectivity index (χ1) is 11.2. The molecule has 2 N–H and O–H groups in total. The molecule has 0 radical (unpaired) electrons. The highest BCUT2D eigenvalue weighted by molar-refractivity contribution is 5.35. The summed E-state index contributed by atoms with van der Waals surface area (Å²) in [5, 5.41) is 14.8. The molecule has 0 aliphatic carbocycles. The second-order valence-corrected chi connectivity index (χ2v) is 6.87. The van der Waals surface area contributed by atoms with E-state index in [-0.39, 0.29) is 0 Å². The van der Waals surface area contributed by atoms with Crippen molar-refractivity contribution in [2.45, 2.75) is 49.8 Å². The molecule has 4 rings (SSSR count). The van der Waals surface area contributed by atoms with E-state index in [0.717, 1.165) is 29.9 Å². The molecule has 23 heavy (non-hydrogen) atoms. The van der Waals surface area contributed by atoms with Gasteiger partial charge in [0.25, 0.3) is 0 Å². The Bertz CT molecular complexity index is 641. The third-order valence-electron chi connectivity index (χ3n) is 5.12. The van der Waals surface area contributed by atoms with E-state index < -0.39 is 5.60 Å². The number of rotatable bonds is 3. The minimum atomic E-state index is -0.702. The molecule has 2 aliphatic rings. The zero-order valence-corrected chi connectivity index (χ0v) is 13.2. The molecule has 2 heterocycles. The van der Waals surface area contributed by atoms with E-state index in [2.05, 4.69) is 5.32 Å². The summed E-state index contributed by atoms with van der Waals surface area (Å²) in [5.74, 6) is 1.63. The normalized spacial score (nSPS) is 30.0. The van der Waals surface area contributed by atoms with Crippen LogP contribution in [0.4, 0.5) is 0 Å². The predicted molar refractivity (Wildman–Crippen MR) is 90.7 cm³/mol. The monoisotopic (exact) mass is 309 g/mol. The van der Waals surface area contributed by atoms with Gasteiger partial charge in [-0.05, 0) is 55.5 Å². The molecule has 120 valence electrons. The van der Waals surface area contributed by atoms with Gasteiger partial charge in [-0.2, -0.15) is 0 Å². The van der Waals surface area contributed by atoms with Crippen molar-refractivity contribution >= 4 is 0 Å². The second kappa shape index (κ2) is 5.99. The maximum atomic E-state index is 11.1. The van der Waals surface area contributed by atoms with E-state index in [9.17, 15) is 5.11 Å². The Morgan fingerprint density at radius 1 is 0.870 bits per heavy atom. The maximum absolute atomic E-state index is 11.1. The lowest BCUT2D eigenvalue weighted by atomic mass is 9.74. The summed E-state index contributed by atoms with van der Waals surface area (Å²) in [5.41, 5.74) is 0.308. The van der Waals surface area contributed by atoms with E-state index in [4.69, 9.17) is 4.74 Å². The van der Waals surface area contributed by atoms with Crippen LogP contribution in [0, 0.1) is 0 Å². The van der Waals surface area contributed by atoms with Crippen molar-refractivity contribution in [2.24, 2.45) is 0 Å². The molecule has 0 spiro atoms. The van der Waals surface area contributed by atoms with Crippen LogP contribution in [-0.2, 0) is 5.60 Å². The molecule has 2 unspecified atom stereocenters. The van der Waals surface area contributed by atoms with Crippen molar-refractivity contribution in [3.63, 3.8) is 0 Å². The van der Waals surface area contributed by atoms with Crippen LogP contribution in [0.15, 0.2) is 54.6 Å². The standard InChI is InChI=1S/C20H23NO2/c22-20(13-16-5-4-6-17(14-20)21-16)15-9-11-19(12-10-15)23-18-7-2-1-3-8-18/h1-3,7-12,16-17,21-22H,4-6,13-14H2. The van der Waals surface area contributed by atoms with E-state index in [0.29, 0.717) is 12.1 Å². The number of nitrogens with one attached hydrogen (secondary N) is 1. The van der Waals surface area contributed by atoms with E-state index >= 15 is 0 Å². The van der Waals surface area contributed by atoms with Crippen molar-refractivity contribution in [3.8, 4) is 11.5 Å². The Morgan fingerprint density at radius 3 is 2.13 bits per heavy atom. The number of hydrogen-bond donors (Lipinski definition) is 2. The van der Waals surface area contributed by atoms with Gasteiger partial charge in [-0.25, -0.2) is 0 Å². The third kappa shape index (κ3) is 3.12. The van der Waals surface area contributed by atoms with Gasteiger partial charge in [-0.1, -0.05) is 36.8 Å². The van der Waals surface area contributed by atoms with Gasteiger partial charge in [0.05, 0.1) is 5.60 Å². The molecule has 0 aromatic heterocycles. The summed E-state index contributed by atoms with van der Waals surface area (Å²) in [6, 6.07) is 18.6. The number of para-hydroxylation sites is 1. The van der Waals surface area contributed by atoms with Gasteiger partial charge >= 0.3 is 0 Å². The smallest absolute Gasteiger partial charge is 0.127 e. The van der Waals surface area contributed by atoms with Crippen molar-refractivity contribution in [3.05, 3.63) is 60.2 Å². The molecule has 2 aromatic carbocycles. The molecule has 3 heteroatoms. The minimum absolute atomic E-state index is 0.452. The molecular formula is C20H23NO2. The SMILES string of the molecule is OC1(c2ccc(Oc3ccccc3)cc2)CC2CCCC(C1)N2. The van der Waals surface area contributed by atoms with E-state index in [1.165, 1.54) is 19.3 Å². The molecule has 2 aliphatic heterocycles. The van der Waals surface area contributed by atoms with Crippen LogP contribution in [0.5, 0.6) is 11.5 Å². The lowest BCUT2D eigenvalue weighted by Crippen LogP contribution is -2.54. The number of ether oxygens (including phenoxy) is 1. The van der Waals surface area contributed by atoms with Gasteiger partial charge in [-0.15, -0.1) is 0 Å². The number of fused-ring (bicyclic) bond motifs is 2. The first-order valence-electron chi connectivity index (χ1n) is 8.53. The first-order valence-corrected chi connectivity index (χ1v) is 8.53. The van der Waals surface area contributed by atoms with E-state index in [1.807, 2.05) is 54.6 Å². The first kappa shape index (κ1) is 14.7. The second-order valence-electron chi connectivity index (χ2n) is 6.87. The summed E-state index contributed by atoms with van der Waals surface area (Å²) in [6.45, 7) is 0. The number of aliphatic hydroxyl groups is 1. The zero-order valence-electron chi connectivity index (χ0n) is 13.2. The molecular weight excluding hydrogens is 286 g/mol. The van der Waals surface area contributed by atoms with Gasteiger partial charge < -0.3 is 15.2 Å². The summed E-state index contributed by atoms with van der Waals surface area (Å²) in [4.78, 5) is 0. The lowest BCUT2D eigenvalue weighted by molar-refractivity contribution is -0.0358. The molecule has 2 atom stereocenters. The minimum Gasteiger partial charge on any atom is -0.457 e. The van der Waals surface area contributed by atoms with E-state index in [1.54, 1.807) is 0 Å². The topological polar surface area (TPSA) is 41.5 Å². The van der Waals surface area contributed by atoms with Crippen LogP contribution in [0.1, 0.15) is 37.7 Å². The zero-order chi connectivity index (χ0) is 15.7. The fraction of sp³-hybridized carbons (Fsp3) is 0.400. The molecule has 2 aromatic rings. The molecule has 2 bridgehead atoms. The van der Waals surface area contributed by atoms with Crippen LogP contribution in [0.2, 0.25) is 0 Å². The Kier molecular flexibility index (Phi) is 3.83. The van der Waals surface area contributed by atoms with Crippen molar-refractivity contribution < 1.29 is 9.84 Å². The molecule has 2 fully saturated rings. The largest absolute Gasteiger partial charge is 0.457 e. The highest BCUT2D eigenvalue weighted by Crippen LogP contribution is 2.40. The summed E-state index contributed by atoms with van der Waals surface area (Å²) < 4.78 is 5.83. The maximum Gasteiger partial charge on any atom is 0.127 e. The summed E-state index contributed by atoms with van der Waals surface area (Å²) in [7, 11) is 0. The van der Waals surface area contributed by atoms with Crippen LogP contribution in [-0.4, -0.2) is 17.2 Å². The van der Waals surface area contributed by atoms with Crippen LogP contribution < -0.4 is 10.1 Å². The summed E-state index contributed by atoms with van der Waals surface area (Å²) in [6.07, 6.45) is 5.25.